The van der Waals surface area contributed by atoms with E-state index in [1.54, 1.807) is 0 Å². The minimum Gasteiger partial charge on any atom is -0.484 e. The van der Waals surface area contributed by atoms with Crippen LogP contribution in [0.4, 0.5) is 0 Å². The Morgan fingerprint density at radius 1 is 1.00 bits per heavy atom. The number of hydrogen-bond donors (Lipinski definition) is 1. The largest absolute Gasteiger partial charge is 0.484 e. The van der Waals surface area contributed by atoms with Gasteiger partial charge in [-0.2, -0.15) is 0 Å². The van der Waals surface area contributed by atoms with Crippen molar-refractivity contribution in [3.63, 3.8) is 0 Å². The third-order valence-corrected chi connectivity index (χ3v) is 4.23. The molecule has 1 N–H and O–H groups in total. The van der Waals surface area contributed by atoms with Crippen molar-refractivity contribution in [2.24, 2.45) is 0 Å². The number of nitrogens with zero attached hydrogens (tertiary/aromatic N) is 1. The lowest BCUT2D eigenvalue weighted by molar-refractivity contribution is -0.123. The second-order valence-corrected chi connectivity index (χ2v) is 6.52. The minimum absolute atomic E-state index is 0.0159. The Labute approximate surface area is 154 Å². The van der Waals surface area contributed by atoms with Crippen molar-refractivity contribution in [2.75, 3.05) is 6.61 Å². The zero-order valence-corrected chi connectivity index (χ0v) is 15.1. The van der Waals surface area contributed by atoms with Crippen molar-refractivity contribution in [3.05, 3.63) is 82.2 Å². The molecule has 3 aromatic rings. The smallest absolute Gasteiger partial charge is 0.258 e. The van der Waals surface area contributed by atoms with Gasteiger partial charge in [-0.25, -0.2) is 0 Å². The van der Waals surface area contributed by atoms with E-state index in [2.05, 4.69) is 27.9 Å². The molecule has 0 saturated heterocycles. The Bertz CT molecular complexity index is 781. The molecule has 1 heterocycles. The molecule has 0 saturated carbocycles. The lowest BCUT2D eigenvalue weighted by atomic mass is 10.2. The van der Waals surface area contributed by atoms with E-state index in [1.807, 2.05) is 77.6 Å². The van der Waals surface area contributed by atoms with Crippen molar-refractivity contribution in [3.8, 4) is 11.4 Å². The molecule has 1 aromatic heterocycles. The van der Waals surface area contributed by atoms with Crippen molar-refractivity contribution in [2.45, 2.75) is 6.54 Å². The van der Waals surface area contributed by atoms with Crippen molar-refractivity contribution in [1.29, 1.82) is 0 Å². The summed E-state index contributed by atoms with van der Waals surface area (Å²) in [5.41, 5.74) is 2.14. The number of aromatic nitrogens is 1. The number of hydrogen-bond acceptors (Lipinski definition) is 2. The summed E-state index contributed by atoms with van der Waals surface area (Å²) in [5.74, 6) is 0.560. The van der Waals surface area contributed by atoms with E-state index < -0.39 is 0 Å². The fraction of sp³-hybridized carbons (Fsp3) is 0.105. The predicted octanol–water partition coefficient (Wildman–Crippen LogP) is 3.78. The highest BCUT2D eigenvalue weighted by atomic mass is 127. The average molecular weight is 432 g/mol. The van der Waals surface area contributed by atoms with E-state index >= 15 is 0 Å². The zero-order valence-electron chi connectivity index (χ0n) is 13.0. The summed E-state index contributed by atoms with van der Waals surface area (Å²) in [6, 6.07) is 19.7. The van der Waals surface area contributed by atoms with E-state index in [1.165, 1.54) is 0 Å². The molecular formula is C19H17IN2O2. The summed E-state index contributed by atoms with van der Waals surface area (Å²) < 4.78 is 8.63. The predicted molar refractivity (Wildman–Crippen MR) is 102 cm³/mol. The third-order valence-electron chi connectivity index (χ3n) is 3.51. The Kier molecular flexibility index (Phi) is 5.53. The topological polar surface area (TPSA) is 43.3 Å². The molecule has 0 unspecified atom stereocenters. The molecule has 0 aliphatic heterocycles. The van der Waals surface area contributed by atoms with Gasteiger partial charge in [0.25, 0.3) is 5.91 Å². The second kappa shape index (κ2) is 8.01. The van der Waals surface area contributed by atoms with Crippen molar-refractivity contribution < 1.29 is 9.53 Å². The van der Waals surface area contributed by atoms with E-state index in [4.69, 9.17) is 4.74 Å². The fourth-order valence-electron chi connectivity index (χ4n) is 2.22. The van der Waals surface area contributed by atoms with E-state index in [9.17, 15) is 4.79 Å². The third kappa shape index (κ3) is 4.61. The van der Waals surface area contributed by atoms with Gasteiger partial charge in [-0.15, -0.1) is 0 Å². The Morgan fingerprint density at radius 2 is 1.67 bits per heavy atom. The molecule has 24 heavy (non-hydrogen) atoms. The van der Waals surface area contributed by atoms with Gasteiger partial charge >= 0.3 is 0 Å². The molecule has 0 fully saturated rings. The van der Waals surface area contributed by atoms with E-state index in [-0.39, 0.29) is 12.5 Å². The first kappa shape index (κ1) is 16.6. The second-order valence-electron chi connectivity index (χ2n) is 5.28. The van der Waals surface area contributed by atoms with Crippen LogP contribution in [-0.4, -0.2) is 17.1 Å². The van der Waals surface area contributed by atoms with Crippen LogP contribution >= 0.6 is 22.6 Å². The molecule has 3 rings (SSSR count). The lowest BCUT2D eigenvalue weighted by Gasteiger charge is -2.09. The number of benzene rings is 2. The summed E-state index contributed by atoms with van der Waals surface area (Å²) >= 11 is 2.23. The van der Waals surface area contributed by atoms with Gasteiger partial charge in [0.2, 0.25) is 0 Å². The number of carbonyl (C=O) groups is 1. The first-order valence-corrected chi connectivity index (χ1v) is 8.66. The standard InChI is InChI=1S/C19H17IN2O2/c20-16-5-9-18(10-6-16)24-14-19(23)21-13-15-3-7-17(8-4-15)22-11-1-2-12-22/h1-12H,13-14H2,(H,21,23). The highest BCUT2D eigenvalue weighted by Crippen LogP contribution is 2.13. The number of carbonyl (C=O) groups excluding carboxylic acids is 1. The van der Waals surface area contributed by atoms with Crippen molar-refractivity contribution in [1.82, 2.24) is 9.88 Å². The molecular weight excluding hydrogens is 415 g/mol. The van der Waals surface area contributed by atoms with Crippen molar-refractivity contribution >= 4 is 28.5 Å². The lowest BCUT2D eigenvalue weighted by Crippen LogP contribution is -2.28. The number of ether oxygens (including phenoxy) is 1. The van der Waals surface area contributed by atoms with Gasteiger partial charge in [-0.1, -0.05) is 12.1 Å². The summed E-state index contributed by atoms with van der Waals surface area (Å²) in [4.78, 5) is 11.9. The maximum Gasteiger partial charge on any atom is 0.258 e. The Hall–Kier alpha value is -2.28. The van der Waals surface area contributed by atoms with Gasteiger partial charge in [-0.3, -0.25) is 4.79 Å². The van der Waals surface area contributed by atoms with Gasteiger partial charge in [-0.05, 0) is 76.7 Å². The first-order valence-electron chi connectivity index (χ1n) is 7.58. The molecule has 0 spiro atoms. The Morgan fingerprint density at radius 3 is 2.33 bits per heavy atom. The van der Waals surface area contributed by atoms with Crippen LogP contribution in [0, 0.1) is 3.57 Å². The first-order chi connectivity index (χ1) is 11.7. The minimum atomic E-state index is -0.136. The van der Waals surface area contributed by atoms with Gasteiger partial charge < -0.3 is 14.6 Å². The molecule has 0 aliphatic rings. The normalized spacial score (nSPS) is 10.4. The van der Waals surface area contributed by atoms with Crippen LogP contribution in [0.5, 0.6) is 5.75 Å². The average Bonchev–Trinajstić information content (AvgIpc) is 3.14. The molecule has 1 amide bonds. The van der Waals surface area contributed by atoms with Crippen LogP contribution < -0.4 is 10.1 Å². The highest BCUT2D eigenvalue weighted by Gasteiger charge is 2.03. The molecule has 122 valence electrons. The van der Waals surface area contributed by atoms with Gasteiger partial charge in [0.1, 0.15) is 5.75 Å². The number of nitrogens with one attached hydrogen (secondary N) is 1. The maximum absolute atomic E-state index is 11.9. The number of rotatable bonds is 6. The van der Waals surface area contributed by atoms with Gasteiger partial charge in [0, 0.05) is 28.2 Å². The molecule has 0 radical (unpaired) electrons. The molecule has 0 atom stereocenters. The molecule has 0 bridgehead atoms. The number of amides is 1. The van der Waals surface area contributed by atoms with Crippen LogP contribution in [0.15, 0.2) is 73.1 Å². The van der Waals surface area contributed by atoms with Crippen LogP contribution in [0.3, 0.4) is 0 Å². The summed E-state index contributed by atoms with van der Waals surface area (Å²) in [5, 5.41) is 2.86. The Balaban J connectivity index is 1.46. The highest BCUT2D eigenvalue weighted by molar-refractivity contribution is 14.1. The van der Waals surface area contributed by atoms with Crippen LogP contribution in [0.25, 0.3) is 5.69 Å². The number of halogens is 1. The monoisotopic (exact) mass is 432 g/mol. The quantitative estimate of drug-likeness (QED) is 0.603. The summed E-state index contributed by atoms with van der Waals surface area (Å²) in [6.45, 7) is 0.503. The van der Waals surface area contributed by atoms with Crippen LogP contribution in [0.1, 0.15) is 5.56 Å². The van der Waals surface area contributed by atoms with Gasteiger partial charge in [0.15, 0.2) is 6.61 Å². The summed E-state index contributed by atoms with van der Waals surface area (Å²) in [6.07, 6.45) is 4.00. The van der Waals surface area contributed by atoms with Gasteiger partial charge in [0.05, 0.1) is 0 Å². The fourth-order valence-corrected chi connectivity index (χ4v) is 2.58. The zero-order chi connectivity index (χ0) is 16.8. The van der Waals surface area contributed by atoms with Crippen LogP contribution in [0.2, 0.25) is 0 Å². The van der Waals surface area contributed by atoms with Crippen LogP contribution in [-0.2, 0) is 11.3 Å². The van der Waals surface area contributed by atoms with E-state index in [0.29, 0.717) is 12.3 Å². The molecule has 0 aliphatic carbocycles. The van der Waals surface area contributed by atoms with E-state index in [0.717, 1.165) is 14.8 Å². The molecule has 4 nitrogen and oxygen atoms in total. The summed E-state index contributed by atoms with van der Waals surface area (Å²) in [7, 11) is 0. The SMILES string of the molecule is O=C(COc1ccc(I)cc1)NCc1ccc(-n2cccc2)cc1. The maximum atomic E-state index is 11.9. The molecule has 5 heteroatoms. The molecule has 2 aromatic carbocycles.